The van der Waals surface area contributed by atoms with Crippen LogP contribution in [0.1, 0.15) is 75.3 Å². The van der Waals surface area contributed by atoms with Crippen molar-refractivity contribution in [2.45, 2.75) is 65.0 Å². The van der Waals surface area contributed by atoms with Gasteiger partial charge >= 0.3 is 0 Å². The molecule has 26 heavy (non-hydrogen) atoms. The molecule has 1 aromatic rings. The maximum absolute atomic E-state index is 12.8. The number of unbranched alkanes of at least 4 members (excludes halogenated alkanes) is 2. The fourth-order valence-electron chi connectivity index (χ4n) is 3.40. The van der Waals surface area contributed by atoms with E-state index in [9.17, 15) is 13.2 Å². The molecule has 146 valence electrons. The van der Waals surface area contributed by atoms with Crippen molar-refractivity contribution in [2.75, 3.05) is 12.3 Å². The van der Waals surface area contributed by atoms with E-state index in [2.05, 4.69) is 6.92 Å². The molecule has 1 aliphatic heterocycles. The van der Waals surface area contributed by atoms with Crippen LogP contribution >= 0.6 is 0 Å². The quantitative estimate of drug-likeness (QED) is 0.699. The lowest BCUT2D eigenvalue weighted by Gasteiger charge is -2.42. The molecule has 0 fully saturated rings. The summed E-state index contributed by atoms with van der Waals surface area (Å²) < 4.78 is 33.3. The zero-order valence-corrected chi connectivity index (χ0v) is 16.9. The van der Waals surface area contributed by atoms with Crippen molar-refractivity contribution in [1.82, 2.24) is 4.31 Å². The highest BCUT2D eigenvalue weighted by Gasteiger charge is 2.40. The van der Waals surface area contributed by atoms with Crippen LogP contribution in [-0.2, 0) is 10.0 Å². The van der Waals surface area contributed by atoms with E-state index in [1.165, 1.54) is 0 Å². The van der Waals surface area contributed by atoms with E-state index in [1.54, 1.807) is 29.4 Å². The minimum atomic E-state index is -3.40. The number of fused-ring (bicyclic) bond motifs is 1. The molecule has 0 saturated heterocycles. The van der Waals surface area contributed by atoms with Gasteiger partial charge in [-0.2, -0.15) is 4.31 Å². The van der Waals surface area contributed by atoms with Crippen LogP contribution in [0.15, 0.2) is 18.2 Å². The molecule has 1 unspecified atom stereocenters. The molecule has 1 atom stereocenters. The SMILES string of the molecule is CCCCCN(C1CC(C)(C)Oc2ccc(C(N)=O)cc21)S(=O)(=O)CC. The van der Waals surface area contributed by atoms with Crippen LogP contribution in [0.4, 0.5) is 0 Å². The lowest BCUT2D eigenvalue weighted by atomic mass is 9.88. The Bertz CT molecular complexity index is 759. The molecule has 1 aromatic carbocycles. The Morgan fingerprint density at radius 2 is 2.00 bits per heavy atom. The summed E-state index contributed by atoms with van der Waals surface area (Å²) in [5, 5.41) is 0. The molecule has 2 rings (SSSR count). The third-order valence-corrected chi connectivity index (χ3v) is 6.66. The molecule has 0 bridgehead atoms. The molecule has 0 spiro atoms. The summed E-state index contributed by atoms with van der Waals surface area (Å²) in [5.41, 5.74) is 6.00. The average Bonchev–Trinajstić information content (AvgIpc) is 2.56. The maximum Gasteiger partial charge on any atom is 0.248 e. The third-order valence-electron chi connectivity index (χ3n) is 4.78. The highest BCUT2D eigenvalue weighted by molar-refractivity contribution is 7.89. The van der Waals surface area contributed by atoms with Crippen LogP contribution in [0, 0.1) is 0 Å². The van der Waals surface area contributed by atoms with Crippen molar-refractivity contribution in [1.29, 1.82) is 0 Å². The zero-order chi connectivity index (χ0) is 19.5. The van der Waals surface area contributed by atoms with E-state index in [-0.39, 0.29) is 11.8 Å². The molecule has 1 aliphatic rings. The number of nitrogens with zero attached hydrogens (tertiary/aromatic N) is 1. The molecule has 2 N–H and O–H groups in total. The number of carbonyl (C=O) groups is 1. The number of primary amides is 1. The van der Waals surface area contributed by atoms with E-state index < -0.39 is 21.5 Å². The van der Waals surface area contributed by atoms with Gasteiger partial charge in [-0.3, -0.25) is 4.79 Å². The number of sulfonamides is 1. The van der Waals surface area contributed by atoms with Crippen LogP contribution in [0.5, 0.6) is 5.75 Å². The molecule has 0 aromatic heterocycles. The Kier molecular flexibility index (Phi) is 6.34. The Morgan fingerprint density at radius 1 is 1.31 bits per heavy atom. The largest absolute Gasteiger partial charge is 0.487 e. The number of benzene rings is 1. The van der Waals surface area contributed by atoms with Gasteiger partial charge in [-0.15, -0.1) is 0 Å². The van der Waals surface area contributed by atoms with Crippen LogP contribution < -0.4 is 10.5 Å². The van der Waals surface area contributed by atoms with E-state index in [0.29, 0.717) is 29.8 Å². The molecule has 6 nitrogen and oxygen atoms in total. The molecular weight excluding hydrogens is 352 g/mol. The second-order valence-corrected chi connectivity index (χ2v) is 9.63. The highest BCUT2D eigenvalue weighted by atomic mass is 32.2. The van der Waals surface area contributed by atoms with E-state index >= 15 is 0 Å². The lowest BCUT2D eigenvalue weighted by Crippen LogP contribution is -2.44. The number of hydrogen-bond donors (Lipinski definition) is 1. The van der Waals surface area contributed by atoms with Gasteiger partial charge in [-0.25, -0.2) is 8.42 Å². The first-order valence-corrected chi connectivity index (χ1v) is 10.8. The van der Waals surface area contributed by atoms with Gasteiger partial charge in [-0.1, -0.05) is 19.8 Å². The number of nitrogens with two attached hydrogens (primary N) is 1. The summed E-state index contributed by atoms with van der Waals surface area (Å²) in [6.07, 6.45) is 3.31. The van der Waals surface area contributed by atoms with Crippen LogP contribution in [0.2, 0.25) is 0 Å². The van der Waals surface area contributed by atoms with Crippen LogP contribution in [-0.4, -0.2) is 36.5 Å². The number of ether oxygens (including phenoxy) is 1. The number of rotatable bonds is 8. The summed E-state index contributed by atoms with van der Waals surface area (Å²) in [7, 11) is -3.40. The molecule has 0 aliphatic carbocycles. The van der Waals surface area contributed by atoms with Gasteiger partial charge in [0, 0.05) is 24.1 Å². The molecule has 7 heteroatoms. The normalized spacial score (nSPS) is 19.0. The second kappa shape index (κ2) is 7.96. The van der Waals surface area contributed by atoms with Crippen molar-refractivity contribution >= 4 is 15.9 Å². The monoisotopic (exact) mass is 382 g/mol. The third kappa shape index (κ3) is 4.57. The van der Waals surface area contributed by atoms with Gasteiger partial charge in [0.25, 0.3) is 0 Å². The minimum absolute atomic E-state index is 0.0434. The van der Waals surface area contributed by atoms with Gasteiger partial charge < -0.3 is 10.5 Å². The summed E-state index contributed by atoms with van der Waals surface area (Å²) in [4.78, 5) is 11.6. The summed E-state index contributed by atoms with van der Waals surface area (Å²) in [6.45, 7) is 8.12. The predicted octanol–water partition coefficient (Wildman–Crippen LogP) is 3.23. The first-order valence-electron chi connectivity index (χ1n) is 9.23. The zero-order valence-electron chi connectivity index (χ0n) is 16.1. The number of amides is 1. The van der Waals surface area contributed by atoms with Crippen LogP contribution in [0.25, 0.3) is 0 Å². The summed E-state index contributed by atoms with van der Waals surface area (Å²) in [5.74, 6) is 0.122. The molecule has 1 amide bonds. The minimum Gasteiger partial charge on any atom is -0.487 e. The van der Waals surface area contributed by atoms with E-state index in [4.69, 9.17) is 10.5 Å². The van der Waals surface area contributed by atoms with Crippen molar-refractivity contribution in [2.24, 2.45) is 5.73 Å². The molecule has 0 saturated carbocycles. The maximum atomic E-state index is 12.8. The van der Waals surface area contributed by atoms with Gasteiger partial charge in [0.15, 0.2) is 0 Å². The van der Waals surface area contributed by atoms with Gasteiger partial charge in [0.2, 0.25) is 15.9 Å². The summed E-state index contributed by atoms with van der Waals surface area (Å²) >= 11 is 0. The van der Waals surface area contributed by atoms with Crippen molar-refractivity contribution < 1.29 is 17.9 Å². The van der Waals surface area contributed by atoms with Crippen molar-refractivity contribution in [3.8, 4) is 5.75 Å². The fraction of sp³-hybridized carbons (Fsp3) is 0.632. The highest BCUT2D eigenvalue weighted by Crippen LogP contribution is 2.44. The van der Waals surface area contributed by atoms with Crippen molar-refractivity contribution in [3.63, 3.8) is 0 Å². The second-order valence-electron chi connectivity index (χ2n) is 7.42. The lowest BCUT2D eigenvalue weighted by molar-refractivity contribution is 0.0500. The smallest absolute Gasteiger partial charge is 0.248 e. The Hall–Kier alpha value is -1.60. The fourth-order valence-corrected chi connectivity index (χ4v) is 4.71. The first-order chi connectivity index (χ1) is 12.1. The van der Waals surface area contributed by atoms with Gasteiger partial charge in [0.05, 0.1) is 11.8 Å². The van der Waals surface area contributed by atoms with E-state index in [1.807, 2.05) is 13.8 Å². The molecule has 0 radical (unpaired) electrons. The molecular formula is C19H30N2O4S. The van der Waals surface area contributed by atoms with E-state index in [0.717, 1.165) is 19.3 Å². The number of carbonyl (C=O) groups excluding carboxylic acids is 1. The standard InChI is InChI=1S/C19H30N2O4S/c1-5-7-8-11-21(26(23,24)6-2)16-13-19(3,4)25-17-10-9-14(18(20)22)12-15(16)17/h9-10,12,16H,5-8,11,13H2,1-4H3,(H2,20,22). The van der Waals surface area contributed by atoms with Gasteiger partial charge in [-0.05, 0) is 45.4 Å². The first kappa shape index (κ1) is 20.7. The van der Waals surface area contributed by atoms with Crippen molar-refractivity contribution in [3.05, 3.63) is 29.3 Å². The number of hydrogen-bond acceptors (Lipinski definition) is 4. The Morgan fingerprint density at radius 3 is 2.58 bits per heavy atom. The molecule has 1 heterocycles. The van der Waals surface area contributed by atoms with Crippen LogP contribution in [0.3, 0.4) is 0 Å². The summed E-state index contributed by atoms with van der Waals surface area (Å²) in [6, 6.07) is 4.65. The average molecular weight is 383 g/mol. The topological polar surface area (TPSA) is 89.7 Å². The predicted molar refractivity (Wildman–Crippen MR) is 103 cm³/mol. The Balaban J connectivity index is 2.53. The van der Waals surface area contributed by atoms with Gasteiger partial charge in [0.1, 0.15) is 11.4 Å². The Labute approximate surface area is 156 Å².